The first kappa shape index (κ1) is 15.6. The second kappa shape index (κ2) is 6.80. The number of carbonyl (C=O) groups is 2. The Labute approximate surface area is 129 Å². The van der Waals surface area contributed by atoms with Crippen molar-refractivity contribution in [3.8, 4) is 0 Å². The topological polar surface area (TPSA) is 84.0 Å². The van der Waals surface area contributed by atoms with E-state index < -0.39 is 0 Å². The summed E-state index contributed by atoms with van der Waals surface area (Å²) in [7, 11) is 0. The van der Waals surface area contributed by atoms with Crippen LogP contribution >= 0.6 is 0 Å². The van der Waals surface area contributed by atoms with Gasteiger partial charge in [0.05, 0.1) is 0 Å². The zero-order chi connectivity index (χ0) is 16.1. The van der Waals surface area contributed by atoms with Crippen molar-refractivity contribution in [2.45, 2.75) is 26.8 Å². The molecule has 1 aromatic carbocycles. The van der Waals surface area contributed by atoms with Crippen molar-refractivity contribution in [1.29, 1.82) is 0 Å². The van der Waals surface area contributed by atoms with Gasteiger partial charge in [-0.25, -0.2) is 9.97 Å². The lowest BCUT2D eigenvalue weighted by atomic mass is 10.1. The van der Waals surface area contributed by atoms with Crippen LogP contribution in [0.5, 0.6) is 0 Å². The largest absolute Gasteiger partial charge is 0.349 e. The molecular formula is C16H18N4O2. The van der Waals surface area contributed by atoms with Gasteiger partial charge in [0.25, 0.3) is 5.91 Å². The predicted octanol–water partition coefficient (Wildman–Crippen LogP) is 2.56. The first-order valence-corrected chi connectivity index (χ1v) is 6.96. The molecule has 1 amide bonds. The SMILES string of the molecule is CC(=O)c1ccc(Nc2cc(C(=O)NC(C)C)ncn2)cc1. The maximum atomic E-state index is 11.9. The van der Waals surface area contributed by atoms with Crippen molar-refractivity contribution in [2.75, 3.05) is 5.32 Å². The summed E-state index contributed by atoms with van der Waals surface area (Å²) in [6, 6.07) is 8.66. The number of hydrogen-bond donors (Lipinski definition) is 2. The second-order valence-electron chi connectivity index (χ2n) is 5.18. The van der Waals surface area contributed by atoms with Crippen LogP contribution in [0.25, 0.3) is 0 Å². The number of amides is 1. The lowest BCUT2D eigenvalue weighted by Crippen LogP contribution is -2.30. The maximum absolute atomic E-state index is 11.9. The molecule has 6 nitrogen and oxygen atoms in total. The van der Waals surface area contributed by atoms with Gasteiger partial charge < -0.3 is 10.6 Å². The number of hydrogen-bond acceptors (Lipinski definition) is 5. The van der Waals surface area contributed by atoms with Gasteiger partial charge in [-0.1, -0.05) is 0 Å². The molecule has 2 aromatic rings. The summed E-state index contributed by atoms with van der Waals surface area (Å²) in [5, 5.41) is 5.85. The van der Waals surface area contributed by atoms with Crippen LogP contribution in [-0.4, -0.2) is 27.7 Å². The summed E-state index contributed by atoms with van der Waals surface area (Å²) in [6.45, 7) is 5.29. The second-order valence-corrected chi connectivity index (χ2v) is 5.18. The molecule has 1 aromatic heterocycles. The third-order valence-electron chi connectivity index (χ3n) is 2.88. The molecule has 2 N–H and O–H groups in total. The number of ketones is 1. The highest BCUT2D eigenvalue weighted by Crippen LogP contribution is 2.15. The van der Waals surface area contributed by atoms with Crippen molar-refractivity contribution in [3.05, 3.63) is 47.9 Å². The lowest BCUT2D eigenvalue weighted by molar-refractivity contribution is 0.0937. The first-order valence-electron chi connectivity index (χ1n) is 6.96. The number of carbonyl (C=O) groups excluding carboxylic acids is 2. The fraction of sp³-hybridized carbons (Fsp3) is 0.250. The molecule has 1 heterocycles. The molecule has 0 aliphatic rings. The molecule has 0 saturated carbocycles. The minimum atomic E-state index is -0.243. The van der Waals surface area contributed by atoms with Crippen molar-refractivity contribution in [2.24, 2.45) is 0 Å². The average molecular weight is 298 g/mol. The maximum Gasteiger partial charge on any atom is 0.270 e. The smallest absolute Gasteiger partial charge is 0.270 e. The van der Waals surface area contributed by atoms with Gasteiger partial charge in [0, 0.05) is 23.4 Å². The Balaban J connectivity index is 2.13. The minimum Gasteiger partial charge on any atom is -0.349 e. The van der Waals surface area contributed by atoms with E-state index in [2.05, 4.69) is 20.6 Å². The fourth-order valence-corrected chi connectivity index (χ4v) is 1.82. The molecule has 0 fully saturated rings. The number of nitrogens with one attached hydrogen (secondary N) is 2. The summed E-state index contributed by atoms with van der Waals surface area (Å²) in [4.78, 5) is 31.2. The predicted molar refractivity (Wildman–Crippen MR) is 84.4 cm³/mol. The lowest BCUT2D eigenvalue weighted by Gasteiger charge is -2.09. The van der Waals surface area contributed by atoms with Gasteiger partial charge in [-0.3, -0.25) is 9.59 Å². The van der Waals surface area contributed by atoms with E-state index in [1.165, 1.54) is 13.3 Å². The molecule has 6 heteroatoms. The van der Waals surface area contributed by atoms with Crippen LogP contribution in [0.2, 0.25) is 0 Å². The van der Waals surface area contributed by atoms with Gasteiger partial charge >= 0.3 is 0 Å². The van der Waals surface area contributed by atoms with E-state index in [4.69, 9.17) is 0 Å². The summed E-state index contributed by atoms with van der Waals surface area (Å²) in [5.41, 5.74) is 1.72. The zero-order valence-corrected chi connectivity index (χ0v) is 12.8. The molecule has 0 atom stereocenters. The molecule has 0 spiro atoms. The number of nitrogens with zero attached hydrogens (tertiary/aromatic N) is 2. The van der Waals surface area contributed by atoms with E-state index in [0.29, 0.717) is 17.1 Å². The third kappa shape index (κ3) is 4.12. The van der Waals surface area contributed by atoms with E-state index >= 15 is 0 Å². The number of anilines is 2. The molecule has 0 bridgehead atoms. The van der Waals surface area contributed by atoms with Gasteiger partial charge in [0.15, 0.2) is 5.78 Å². The Hall–Kier alpha value is -2.76. The summed E-state index contributed by atoms with van der Waals surface area (Å²) in [6.07, 6.45) is 1.33. The van der Waals surface area contributed by atoms with Gasteiger partial charge in [-0.15, -0.1) is 0 Å². The molecule has 114 valence electrons. The van der Waals surface area contributed by atoms with Crippen LogP contribution in [0.15, 0.2) is 36.7 Å². The Bertz CT molecular complexity index is 681. The van der Waals surface area contributed by atoms with E-state index in [1.807, 2.05) is 13.8 Å². The Morgan fingerprint density at radius 3 is 2.36 bits per heavy atom. The average Bonchev–Trinajstić information content (AvgIpc) is 2.47. The Morgan fingerprint density at radius 1 is 1.09 bits per heavy atom. The van der Waals surface area contributed by atoms with Gasteiger partial charge in [-0.05, 0) is 45.0 Å². The molecular weight excluding hydrogens is 280 g/mol. The van der Waals surface area contributed by atoms with Gasteiger partial charge in [0.1, 0.15) is 17.8 Å². The normalized spacial score (nSPS) is 10.4. The van der Waals surface area contributed by atoms with E-state index in [-0.39, 0.29) is 17.7 Å². The number of rotatable bonds is 5. The van der Waals surface area contributed by atoms with Crippen molar-refractivity contribution >= 4 is 23.2 Å². The van der Waals surface area contributed by atoms with E-state index in [0.717, 1.165) is 5.69 Å². The Kier molecular flexibility index (Phi) is 4.83. The first-order chi connectivity index (χ1) is 10.5. The zero-order valence-electron chi connectivity index (χ0n) is 12.8. The molecule has 0 aliphatic heterocycles. The molecule has 22 heavy (non-hydrogen) atoms. The van der Waals surface area contributed by atoms with Crippen LogP contribution in [0, 0.1) is 0 Å². The van der Waals surface area contributed by atoms with Gasteiger partial charge in [-0.2, -0.15) is 0 Å². The number of benzene rings is 1. The van der Waals surface area contributed by atoms with Crippen molar-refractivity contribution in [1.82, 2.24) is 15.3 Å². The van der Waals surface area contributed by atoms with Crippen LogP contribution in [0.4, 0.5) is 11.5 Å². The summed E-state index contributed by atoms with van der Waals surface area (Å²) >= 11 is 0. The monoisotopic (exact) mass is 298 g/mol. The van der Waals surface area contributed by atoms with E-state index in [9.17, 15) is 9.59 Å². The number of aromatic nitrogens is 2. The number of Topliss-reactive ketones (excluding diaryl/α,β-unsaturated/α-hetero) is 1. The molecule has 0 unspecified atom stereocenters. The highest BCUT2D eigenvalue weighted by molar-refractivity contribution is 5.94. The van der Waals surface area contributed by atoms with Crippen molar-refractivity contribution < 1.29 is 9.59 Å². The fourth-order valence-electron chi connectivity index (χ4n) is 1.82. The highest BCUT2D eigenvalue weighted by Gasteiger charge is 2.10. The van der Waals surface area contributed by atoms with E-state index in [1.54, 1.807) is 30.3 Å². The quantitative estimate of drug-likeness (QED) is 0.829. The van der Waals surface area contributed by atoms with Crippen LogP contribution in [0.3, 0.4) is 0 Å². The van der Waals surface area contributed by atoms with Crippen LogP contribution in [-0.2, 0) is 0 Å². The minimum absolute atomic E-state index is 0.0150. The molecule has 0 radical (unpaired) electrons. The molecule has 2 rings (SSSR count). The third-order valence-corrected chi connectivity index (χ3v) is 2.88. The standard InChI is InChI=1S/C16H18N4O2/c1-10(2)19-16(22)14-8-15(18-9-17-14)20-13-6-4-12(5-7-13)11(3)21/h4-10H,1-3H3,(H,19,22)(H,17,18,20). The van der Waals surface area contributed by atoms with Crippen LogP contribution in [0.1, 0.15) is 41.6 Å². The van der Waals surface area contributed by atoms with Gasteiger partial charge in [0.2, 0.25) is 0 Å². The highest BCUT2D eigenvalue weighted by atomic mass is 16.2. The Morgan fingerprint density at radius 2 is 1.77 bits per heavy atom. The summed E-state index contributed by atoms with van der Waals surface area (Å²) < 4.78 is 0. The van der Waals surface area contributed by atoms with Crippen LogP contribution < -0.4 is 10.6 Å². The molecule has 0 aliphatic carbocycles. The molecule has 0 saturated heterocycles. The summed E-state index contributed by atoms with van der Waals surface area (Å²) in [5.74, 6) is 0.285. The van der Waals surface area contributed by atoms with Crippen molar-refractivity contribution in [3.63, 3.8) is 0 Å².